The number of hydrogen-bond acceptors (Lipinski definition) is 6. The number of amides is 1. The van der Waals surface area contributed by atoms with Gasteiger partial charge in [-0.15, -0.1) is 0 Å². The third-order valence-electron chi connectivity index (χ3n) is 4.22. The van der Waals surface area contributed by atoms with E-state index in [1.165, 1.54) is 13.4 Å². The number of carbonyl (C=O) groups is 2. The average Bonchev–Trinajstić information content (AvgIpc) is 3.09. The Balaban J connectivity index is 1.80. The molecule has 2 aromatic carbocycles. The molecule has 7 heteroatoms. The van der Waals surface area contributed by atoms with Crippen LogP contribution in [0.15, 0.2) is 53.3 Å². The van der Waals surface area contributed by atoms with E-state index in [-0.39, 0.29) is 5.56 Å². The van der Waals surface area contributed by atoms with Crippen molar-refractivity contribution in [1.82, 2.24) is 4.98 Å². The largest absolute Gasteiger partial charge is 0.496 e. The van der Waals surface area contributed by atoms with Gasteiger partial charge in [0, 0.05) is 29.1 Å². The second-order valence-electron chi connectivity index (χ2n) is 5.81. The molecule has 27 heavy (non-hydrogen) atoms. The Morgan fingerprint density at radius 1 is 1.15 bits per heavy atom. The maximum Gasteiger partial charge on any atom is 0.252 e. The van der Waals surface area contributed by atoms with Crippen LogP contribution in [0.1, 0.15) is 20.7 Å². The number of carbonyl (C=O) groups excluding carboxylic acids is 2. The van der Waals surface area contributed by atoms with E-state index in [0.717, 1.165) is 6.29 Å². The molecular formula is C20H14N2O5. The molecule has 7 nitrogen and oxygen atoms in total. The van der Waals surface area contributed by atoms with E-state index in [2.05, 4.69) is 4.98 Å². The highest BCUT2D eigenvalue weighted by Crippen LogP contribution is 2.34. The fourth-order valence-corrected chi connectivity index (χ4v) is 2.91. The van der Waals surface area contributed by atoms with E-state index in [1.807, 2.05) is 0 Å². The number of nitrogens with two attached hydrogens (primary N) is 1. The smallest absolute Gasteiger partial charge is 0.252 e. The predicted octanol–water partition coefficient (Wildman–Crippen LogP) is 3.69. The third-order valence-corrected chi connectivity index (χ3v) is 4.22. The summed E-state index contributed by atoms with van der Waals surface area (Å²) in [6.07, 6.45) is 3.73. The highest BCUT2D eigenvalue weighted by molar-refractivity contribution is 6.01. The number of hydrogen-bond donors (Lipinski definition) is 1. The van der Waals surface area contributed by atoms with Crippen LogP contribution < -0.4 is 15.2 Å². The zero-order valence-corrected chi connectivity index (χ0v) is 14.3. The number of benzene rings is 2. The van der Waals surface area contributed by atoms with Crippen LogP contribution in [0.5, 0.6) is 17.2 Å². The lowest BCUT2D eigenvalue weighted by atomic mass is 10.1. The maximum absolute atomic E-state index is 11.7. The minimum atomic E-state index is -0.609. The van der Waals surface area contributed by atoms with Gasteiger partial charge < -0.3 is 19.6 Å². The molecule has 0 aliphatic heterocycles. The quantitative estimate of drug-likeness (QED) is 0.543. The number of rotatable bonds is 5. The minimum Gasteiger partial charge on any atom is -0.496 e. The number of methoxy groups -OCH3 is 1. The van der Waals surface area contributed by atoms with Gasteiger partial charge in [-0.2, -0.15) is 0 Å². The molecule has 4 rings (SSSR count). The van der Waals surface area contributed by atoms with Gasteiger partial charge in [-0.25, -0.2) is 0 Å². The Morgan fingerprint density at radius 3 is 2.74 bits per heavy atom. The first-order chi connectivity index (χ1) is 13.1. The Hall–Kier alpha value is -3.87. The summed E-state index contributed by atoms with van der Waals surface area (Å²) < 4.78 is 16.6. The number of aromatic nitrogens is 1. The molecule has 0 aliphatic rings. The maximum atomic E-state index is 11.7. The van der Waals surface area contributed by atoms with Crippen LogP contribution in [-0.4, -0.2) is 24.3 Å². The molecule has 2 N–H and O–H groups in total. The van der Waals surface area contributed by atoms with Crippen LogP contribution in [0.25, 0.3) is 21.9 Å². The molecule has 0 unspecified atom stereocenters. The monoisotopic (exact) mass is 362 g/mol. The first kappa shape index (κ1) is 16.6. The fraction of sp³-hybridized carbons (Fsp3) is 0.0500. The summed E-state index contributed by atoms with van der Waals surface area (Å²) in [5.41, 5.74) is 7.28. The predicted molar refractivity (Wildman–Crippen MR) is 98.5 cm³/mol. The first-order valence-electron chi connectivity index (χ1n) is 8.01. The standard InChI is InChI=1S/C20H14N2O5/c1-25-18-8-16-14(7-15(18)20(21)24)17(4-5-22-16)27-12-2-3-13-11(9-23)10-26-19(13)6-12/h2-10H,1H3,(H2,21,24). The molecule has 0 fully saturated rings. The van der Waals surface area contributed by atoms with Gasteiger partial charge in [-0.1, -0.05) is 0 Å². The number of fused-ring (bicyclic) bond motifs is 2. The number of primary amides is 1. The number of ether oxygens (including phenoxy) is 2. The van der Waals surface area contributed by atoms with Crippen molar-refractivity contribution in [1.29, 1.82) is 0 Å². The molecule has 2 heterocycles. The van der Waals surface area contributed by atoms with Gasteiger partial charge in [0.25, 0.3) is 5.91 Å². The minimum absolute atomic E-state index is 0.236. The molecule has 0 spiro atoms. The Labute approximate surface area is 153 Å². The van der Waals surface area contributed by atoms with Gasteiger partial charge in [0.2, 0.25) is 0 Å². The molecular weight excluding hydrogens is 348 g/mol. The number of furan rings is 1. The first-order valence-corrected chi connectivity index (χ1v) is 8.01. The van der Waals surface area contributed by atoms with Crippen LogP contribution in [0.4, 0.5) is 0 Å². The fourth-order valence-electron chi connectivity index (χ4n) is 2.91. The Bertz CT molecular complexity index is 1200. The molecule has 0 aliphatic carbocycles. The normalized spacial score (nSPS) is 10.9. The molecule has 134 valence electrons. The summed E-state index contributed by atoms with van der Waals surface area (Å²) in [4.78, 5) is 27.0. The highest BCUT2D eigenvalue weighted by atomic mass is 16.5. The van der Waals surface area contributed by atoms with Gasteiger partial charge in [-0.3, -0.25) is 14.6 Å². The van der Waals surface area contributed by atoms with Crippen molar-refractivity contribution in [3.8, 4) is 17.2 Å². The van der Waals surface area contributed by atoms with Crippen molar-refractivity contribution in [3.05, 3.63) is 60.0 Å². The second kappa shape index (κ2) is 6.45. The van der Waals surface area contributed by atoms with Crippen molar-refractivity contribution in [2.75, 3.05) is 7.11 Å². The average molecular weight is 362 g/mol. The van der Waals surface area contributed by atoms with Crippen molar-refractivity contribution >= 4 is 34.1 Å². The molecule has 4 aromatic rings. The van der Waals surface area contributed by atoms with E-state index < -0.39 is 5.91 Å². The number of pyridine rings is 1. The number of nitrogens with zero attached hydrogens (tertiary/aromatic N) is 1. The molecule has 0 radical (unpaired) electrons. The van der Waals surface area contributed by atoms with Crippen LogP contribution in [-0.2, 0) is 0 Å². The van der Waals surface area contributed by atoms with E-state index in [9.17, 15) is 9.59 Å². The van der Waals surface area contributed by atoms with Crippen LogP contribution in [0, 0.1) is 0 Å². The van der Waals surface area contributed by atoms with Crippen molar-refractivity contribution < 1.29 is 23.5 Å². The van der Waals surface area contributed by atoms with Crippen LogP contribution in [0.3, 0.4) is 0 Å². The summed E-state index contributed by atoms with van der Waals surface area (Å²) in [6.45, 7) is 0. The zero-order chi connectivity index (χ0) is 19.0. The molecule has 0 atom stereocenters. The van der Waals surface area contributed by atoms with Crippen molar-refractivity contribution in [2.45, 2.75) is 0 Å². The van der Waals surface area contributed by atoms with Gasteiger partial charge in [0.05, 0.1) is 23.8 Å². The van der Waals surface area contributed by atoms with E-state index in [1.54, 1.807) is 42.6 Å². The Kier molecular flexibility index (Phi) is 3.97. The highest BCUT2D eigenvalue weighted by Gasteiger charge is 2.15. The Morgan fingerprint density at radius 2 is 2.00 bits per heavy atom. The summed E-state index contributed by atoms with van der Waals surface area (Å²) >= 11 is 0. The van der Waals surface area contributed by atoms with Gasteiger partial charge in [0.1, 0.15) is 29.1 Å². The topological polar surface area (TPSA) is 105 Å². The second-order valence-corrected chi connectivity index (χ2v) is 5.81. The zero-order valence-electron chi connectivity index (χ0n) is 14.3. The van der Waals surface area contributed by atoms with Crippen LogP contribution >= 0.6 is 0 Å². The number of aldehydes is 1. The van der Waals surface area contributed by atoms with Crippen molar-refractivity contribution in [3.63, 3.8) is 0 Å². The van der Waals surface area contributed by atoms with Crippen LogP contribution in [0.2, 0.25) is 0 Å². The molecule has 1 amide bonds. The van der Waals surface area contributed by atoms with E-state index >= 15 is 0 Å². The molecule has 0 bridgehead atoms. The SMILES string of the molecule is COc1cc2nccc(Oc3ccc4c(C=O)coc4c3)c2cc1C(N)=O. The lowest BCUT2D eigenvalue weighted by Gasteiger charge is -2.11. The van der Waals surface area contributed by atoms with Gasteiger partial charge in [0.15, 0.2) is 6.29 Å². The summed E-state index contributed by atoms with van der Waals surface area (Å²) in [7, 11) is 1.46. The summed E-state index contributed by atoms with van der Waals surface area (Å²) in [5, 5.41) is 1.32. The molecule has 0 saturated heterocycles. The summed E-state index contributed by atoms with van der Waals surface area (Å²) in [5.74, 6) is 0.741. The lowest BCUT2D eigenvalue weighted by Crippen LogP contribution is -2.12. The van der Waals surface area contributed by atoms with E-state index in [0.29, 0.717) is 44.7 Å². The third kappa shape index (κ3) is 2.85. The molecule has 0 saturated carbocycles. The summed E-state index contributed by atoms with van der Waals surface area (Å²) in [6, 6.07) is 10.1. The van der Waals surface area contributed by atoms with Crippen molar-refractivity contribution in [2.24, 2.45) is 5.73 Å². The molecule has 2 aromatic heterocycles. The lowest BCUT2D eigenvalue weighted by molar-refractivity contribution is 0.0997. The van der Waals surface area contributed by atoms with E-state index in [4.69, 9.17) is 19.6 Å². The van der Waals surface area contributed by atoms with Gasteiger partial charge in [-0.05, 0) is 24.3 Å². The van der Waals surface area contributed by atoms with Gasteiger partial charge >= 0.3 is 0 Å².